The summed E-state index contributed by atoms with van der Waals surface area (Å²) in [5.41, 5.74) is 3.05. The van der Waals surface area contributed by atoms with Gasteiger partial charge in [0.05, 0.1) is 34.6 Å². The van der Waals surface area contributed by atoms with Crippen molar-refractivity contribution in [3.8, 4) is 11.6 Å². The first-order valence-electron chi connectivity index (χ1n) is 12.1. The van der Waals surface area contributed by atoms with Gasteiger partial charge >= 0.3 is 0 Å². The molecule has 1 aliphatic heterocycles. The topological polar surface area (TPSA) is 121 Å². The van der Waals surface area contributed by atoms with E-state index in [1.165, 1.54) is 18.4 Å². The lowest BCUT2D eigenvalue weighted by Crippen LogP contribution is -2.53. The number of methoxy groups -OCH3 is 1. The summed E-state index contributed by atoms with van der Waals surface area (Å²) in [5, 5.41) is 18.6. The van der Waals surface area contributed by atoms with Crippen LogP contribution in [0.3, 0.4) is 0 Å². The Morgan fingerprint density at radius 1 is 1.22 bits per heavy atom. The SMILES string of the molecule is COCC1(C)Nc2c(cnc3[nH]cc(C(O)c4ccc(Oc5cc(C6CC6)ccn5)cc4Cl)c23)NC1=O. The van der Waals surface area contributed by atoms with Crippen LogP contribution in [0.1, 0.15) is 48.5 Å². The van der Waals surface area contributed by atoms with E-state index in [4.69, 9.17) is 21.1 Å². The number of hydrogen-bond donors (Lipinski definition) is 4. The molecule has 37 heavy (non-hydrogen) atoms. The van der Waals surface area contributed by atoms with E-state index < -0.39 is 11.6 Å². The highest BCUT2D eigenvalue weighted by molar-refractivity contribution is 6.31. The molecule has 1 amide bonds. The molecule has 1 fully saturated rings. The Balaban J connectivity index is 1.32. The maximum absolute atomic E-state index is 12.7. The molecule has 2 atom stereocenters. The van der Waals surface area contributed by atoms with E-state index in [-0.39, 0.29) is 12.5 Å². The van der Waals surface area contributed by atoms with Crippen molar-refractivity contribution >= 4 is 39.9 Å². The fraction of sp³-hybridized carbons (Fsp3) is 0.296. The van der Waals surface area contributed by atoms with Crippen molar-refractivity contribution in [3.05, 3.63) is 70.6 Å². The van der Waals surface area contributed by atoms with Gasteiger partial charge < -0.3 is 30.2 Å². The molecule has 9 nitrogen and oxygen atoms in total. The van der Waals surface area contributed by atoms with Crippen LogP contribution in [0, 0.1) is 0 Å². The van der Waals surface area contributed by atoms with E-state index in [0.717, 1.165) is 0 Å². The quantitative estimate of drug-likeness (QED) is 0.267. The first-order chi connectivity index (χ1) is 17.9. The molecular formula is C27H26ClN5O4. The van der Waals surface area contributed by atoms with Crippen molar-refractivity contribution in [1.82, 2.24) is 15.0 Å². The monoisotopic (exact) mass is 519 g/mol. The molecule has 3 aromatic heterocycles. The summed E-state index contributed by atoms with van der Waals surface area (Å²) in [7, 11) is 1.54. The molecule has 0 saturated heterocycles. The van der Waals surface area contributed by atoms with E-state index >= 15 is 0 Å². The second-order valence-corrected chi connectivity index (χ2v) is 10.2. The van der Waals surface area contributed by atoms with Crippen LogP contribution >= 0.6 is 11.6 Å². The van der Waals surface area contributed by atoms with Crippen LogP contribution in [0.15, 0.2) is 48.9 Å². The zero-order chi connectivity index (χ0) is 25.7. The van der Waals surface area contributed by atoms with Crippen molar-refractivity contribution in [2.45, 2.75) is 37.3 Å². The molecule has 10 heteroatoms. The van der Waals surface area contributed by atoms with Crippen LogP contribution in [0.25, 0.3) is 11.0 Å². The Hall–Kier alpha value is -3.66. The average Bonchev–Trinajstić information content (AvgIpc) is 3.64. The van der Waals surface area contributed by atoms with Gasteiger partial charge in [-0.25, -0.2) is 9.97 Å². The highest BCUT2D eigenvalue weighted by atomic mass is 35.5. The van der Waals surface area contributed by atoms with Crippen molar-refractivity contribution in [1.29, 1.82) is 0 Å². The molecule has 6 rings (SSSR count). The minimum absolute atomic E-state index is 0.163. The Bertz CT molecular complexity index is 1520. The van der Waals surface area contributed by atoms with E-state index in [1.807, 2.05) is 12.1 Å². The fourth-order valence-corrected chi connectivity index (χ4v) is 5.05. The zero-order valence-electron chi connectivity index (χ0n) is 20.3. The highest BCUT2D eigenvalue weighted by Gasteiger charge is 2.39. The molecule has 0 spiro atoms. The Morgan fingerprint density at radius 2 is 2.05 bits per heavy atom. The molecule has 4 N–H and O–H groups in total. The number of aromatic amines is 1. The number of amides is 1. The third kappa shape index (κ3) is 4.29. The number of H-pyrrole nitrogens is 1. The van der Waals surface area contributed by atoms with Gasteiger partial charge in [-0.05, 0) is 49.4 Å². The molecule has 1 saturated carbocycles. The van der Waals surface area contributed by atoms with Crippen molar-refractivity contribution < 1.29 is 19.4 Å². The molecule has 2 unspecified atom stereocenters. The number of benzene rings is 1. The van der Waals surface area contributed by atoms with Gasteiger partial charge in [-0.2, -0.15) is 0 Å². The lowest BCUT2D eigenvalue weighted by atomic mass is 9.95. The predicted molar refractivity (Wildman–Crippen MR) is 140 cm³/mol. The van der Waals surface area contributed by atoms with Crippen molar-refractivity contribution in [2.75, 3.05) is 24.4 Å². The minimum Gasteiger partial charge on any atom is -0.439 e. The first-order valence-corrected chi connectivity index (χ1v) is 12.4. The van der Waals surface area contributed by atoms with Crippen LogP contribution < -0.4 is 15.4 Å². The van der Waals surface area contributed by atoms with Gasteiger partial charge in [0, 0.05) is 36.7 Å². The standard InChI is InChI=1S/C27H26ClN5O4/c1-27(13-36-2)26(35)32-20-12-31-25-22(23(20)33-27)18(11-30-25)24(34)17-6-5-16(10-19(17)28)37-21-9-15(7-8-29-21)14-3-4-14/h5-12,14,24,33-34H,3-4,13H2,1-2H3,(H,30,31)(H,32,35). The zero-order valence-corrected chi connectivity index (χ0v) is 21.1. The normalized spacial score (nSPS) is 19.7. The van der Waals surface area contributed by atoms with Gasteiger partial charge in [0.1, 0.15) is 23.0 Å². The largest absolute Gasteiger partial charge is 0.439 e. The molecule has 2 aliphatic rings. The number of aliphatic hydroxyl groups is 1. The summed E-state index contributed by atoms with van der Waals surface area (Å²) < 4.78 is 11.2. The molecule has 0 radical (unpaired) electrons. The molecular weight excluding hydrogens is 494 g/mol. The smallest absolute Gasteiger partial charge is 0.252 e. The number of aliphatic hydroxyl groups excluding tert-OH is 1. The third-order valence-electron chi connectivity index (χ3n) is 6.91. The number of pyridine rings is 2. The number of ether oxygens (including phenoxy) is 2. The van der Waals surface area contributed by atoms with Gasteiger partial charge in [-0.1, -0.05) is 17.7 Å². The molecule has 4 heterocycles. The van der Waals surface area contributed by atoms with Gasteiger partial charge in [0.15, 0.2) is 0 Å². The molecule has 1 aromatic carbocycles. The maximum Gasteiger partial charge on any atom is 0.252 e. The van der Waals surface area contributed by atoms with Crippen LogP contribution in [0.5, 0.6) is 11.6 Å². The van der Waals surface area contributed by atoms with Crippen LogP contribution in [-0.2, 0) is 9.53 Å². The molecule has 0 bridgehead atoms. The number of anilines is 2. The van der Waals surface area contributed by atoms with Crippen molar-refractivity contribution in [3.63, 3.8) is 0 Å². The van der Waals surface area contributed by atoms with E-state index in [0.29, 0.717) is 56.1 Å². The number of fused-ring (bicyclic) bond motifs is 3. The maximum atomic E-state index is 12.7. The second kappa shape index (κ2) is 9.02. The fourth-order valence-electron chi connectivity index (χ4n) is 4.78. The van der Waals surface area contributed by atoms with Gasteiger partial charge in [-0.15, -0.1) is 0 Å². The highest BCUT2D eigenvalue weighted by Crippen LogP contribution is 2.43. The Morgan fingerprint density at radius 3 is 2.81 bits per heavy atom. The molecule has 190 valence electrons. The number of aromatic nitrogens is 3. The number of halogens is 1. The van der Waals surface area contributed by atoms with E-state index in [2.05, 4.69) is 25.6 Å². The molecule has 1 aliphatic carbocycles. The summed E-state index contributed by atoms with van der Waals surface area (Å²) in [4.78, 5) is 24.5. The summed E-state index contributed by atoms with van der Waals surface area (Å²) in [6.45, 7) is 1.92. The number of nitrogens with zero attached hydrogens (tertiary/aromatic N) is 2. The van der Waals surface area contributed by atoms with E-state index in [1.54, 1.807) is 50.8 Å². The van der Waals surface area contributed by atoms with Gasteiger partial charge in [0.25, 0.3) is 5.91 Å². The Kier molecular flexibility index (Phi) is 5.78. The number of hydrogen-bond acceptors (Lipinski definition) is 7. The average molecular weight is 520 g/mol. The van der Waals surface area contributed by atoms with Crippen LogP contribution in [0.2, 0.25) is 5.02 Å². The summed E-state index contributed by atoms with van der Waals surface area (Å²) >= 11 is 6.62. The van der Waals surface area contributed by atoms with Crippen LogP contribution in [-0.4, -0.2) is 45.2 Å². The summed E-state index contributed by atoms with van der Waals surface area (Å²) in [6.07, 6.45) is 6.36. The lowest BCUT2D eigenvalue weighted by molar-refractivity contribution is -0.121. The van der Waals surface area contributed by atoms with Crippen molar-refractivity contribution in [2.24, 2.45) is 0 Å². The predicted octanol–water partition coefficient (Wildman–Crippen LogP) is 5.13. The first kappa shape index (κ1) is 23.7. The van der Waals surface area contributed by atoms with E-state index in [9.17, 15) is 9.90 Å². The number of carbonyl (C=O) groups is 1. The third-order valence-corrected chi connectivity index (χ3v) is 7.23. The van der Waals surface area contributed by atoms with Gasteiger partial charge in [0.2, 0.25) is 5.88 Å². The number of carbonyl (C=O) groups excluding carboxylic acids is 1. The van der Waals surface area contributed by atoms with Crippen LogP contribution in [0.4, 0.5) is 11.4 Å². The van der Waals surface area contributed by atoms with Gasteiger partial charge in [-0.3, -0.25) is 4.79 Å². The summed E-state index contributed by atoms with van der Waals surface area (Å²) in [6, 6.07) is 9.14. The minimum atomic E-state index is -1.06. The lowest BCUT2D eigenvalue weighted by Gasteiger charge is -2.35. The number of nitrogens with one attached hydrogen (secondary N) is 3. The summed E-state index contributed by atoms with van der Waals surface area (Å²) in [5.74, 6) is 1.41. The molecule has 4 aromatic rings. The second-order valence-electron chi connectivity index (χ2n) is 9.75. The number of rotatable bonds is 7. The Labute approximate surface area is 218 Å².